The van der Waals surface area contributed by atoms with Crippen molar-refractivity contribution in [1.29, 1.82) is 0 Å². The number of primary amides is 1. The molecule has 2 aliphatic rings. The van der Waals surface area contributed by atoms with Gasteiger partial charge in [0.15, 0.2) is 0 Å². The van der Waals surface area contributed by atoms with Gasteiger partial charge in [-0.1, -0.05) is 0 Å². The maximum Gasteiger partial charge on any atom is 0.231 e. The minimum Gasteiger partial charge on any atom is -0.378 e. The van der Waals surface area contributed by atoms with Crippen LogP contribution in [0.5, 0.6) is 0 Å². The van der Waals surface area contributed by atoms with Gasteiger partial charge in [-0.2, -0.15) is 0 Å². The SMILES string of the molecule is CO[C@@H]1CCCOC12CCN(CC(N)=O)CC2. The summed E-state index contributed by atoms with van der Waals surface area (Å²) in [6, 6.07) is 0. The van der Waals surface area contributed by atoms with E-state index >= 15 is 0 Å². The van der Waals surface area contributed by atoms with Gasteiger partial charge < -0.3 is 15.2 Å². The Morgan fingerprint density at radius 2 is 2.24 bits per heavy atom. The van der Waals surface area contributed by atoms with Crippen molar-refractivity contribution in [2.24, 2.45) is 5.73 Å². The second-order valence-electron chi connectivity index (χ2n) is 5.02. The zero-order chi connectivity index (χ0) is 12.3. The minimum atomic E-state index is -0.256. The van der Waals surface area contributed by atoms with E-state index in [1.54, 1.807) is 7.11 Å². The largest absolute Gasteiger partial charge is 0.378 e. The van der Waals surface area contributed by atoms with Crippen LogP contribution in [0.25, 0.3) is 0 Å². The number of hydrogen-bond acceptors (Lipinski definition) is 4. The molecule has 2 N–H and O–H groups in total. The molecule has 2 saturated heterocycles. The normalized spacial score (nSPS) is 29.4. The smallest absolute Gasteiger partial charge is 0.231 e. The number of hydrogen-bond donors (Lipinski definition) is 1. The van der Waals surface area contributed by atoms with E-state index in [0.717, 1.165) is 45.4 Å². The fourth-order valence-corrected chi connectivity index (χ4v) is 3.01. The van der Waals surface area contributed by atoms with Crippen molar-refractivity contribution in [3.63, 3.8) is 0 Å². The first-order chi connectivity index (χ1) is 8.16. The van der Waals surface area contributed by atoms with Gasteiger partial charge in [0.25, 0.3) is 0 Å². The Kier molecular flexibility index (Phi) is 4.01. The molecule has 17 heavy (non-hydrogen) atoms. The zero-order valence-corrected chi connectivity index (χ0v) is 10.5. The summed E-state index contributed by atoms with van der Waals surface area (Å²) in [5, 5.41) is 0. The summed E-state index contributed by atoms with van der Waals surface area (Å²) in [5.41, 5.74) is 5.09. The number of likely N-dealkylation sites (tertiary alicyclic amines) is 1. The molecule has 0 unspecified atom stereocenters. The van der Waals surface area contributed by atoms with Crippen molar-refractivity contribution in [2.45, 2.75) is 37.4 Å². The molecule has 5 heteroatoms. The highest BCUT2D eigenvalue weighted by Crippen LogP contribution is 2.36. The van der Waals surface area contributed by atoms with Gasteiger partial charge in [0.05, 0.1) is 18.2 Å². The lowest BCUT2D eigenvalue weighted by Crippen LogP contribution is -2.56. The lowest BCUT2D eigenvalue weighted by atomic mass is 9.82. The average molecular weight is 242 g/mol. The Bertz CT molecular complexity index is 275. The summed E-state index contributed by atoms with van der Waals surface area (Å²) in [6.07, 6.45) is 4.21. The van der Waals surface area contributed by atoms with E-state index in [9.17, 15) is 4.79 Å². The maximum atomic E-state index is 10.9. The van der Waals surface area contributed by atoms with E-state index in [4.69, 9.17) is 15.2 Å². The predicted molar refractivity (Wildman–Crippen MR) is 63.6 cm³/mol. The van der Waals surface area contributed by atoms with E-state index in [-0.39, 0.29) is 17.6 Å². The van der Waals surface area contributed by atoms with Crippen molar-refractivity contribution in [3.8, 4) is 0 Å². The first-order valence-electron chi connectivity index (χ1n) is 6.34. The van der Waals surface area contributed by atoms with Crippen LogP contribution in [-0.2, 0) is 14.3 Å². The van der Waals surface area contributed by atoms with Crippen molar-refractivity contribution in [1.82, 2.24) is 4.90 Å². The third-order valence-corrected chi connectivity index (χ3v) is 3.95. The Hall–Kier alpha value is -0.650. The molecule has 1 spiro atoms. The summed E-state index contributed by atoms with van der Waals surface area (Å²) in [5.74, 6) is -0.256. The van der Waals surface area contributed by atoms with Gasteiger partial charge in [-0.3, -0.25) is 9.69 Å². The Morgan fingerprint density at radius 1 is 1.53 bits per heavy atom. The molecule has 2 heterocycles. The van der Waals surface area contributed by atoms with Crippen LogP contribution in [-0.4, -0.2) is 55.9 Å². The predicted octanol–water partition coefficient (Wildman–Crippen LogP) is 0.132. The van der Waals surface area contributed by atoms with Gasteiger partial charge in [-0.05, 0) is 25.7 Å². The van der Waals surface area contributed by atoms with Crippen molar-refractivity contribution in [3.05, 3.63) is 0 Å². The topological polar surface area (TPSA) is 64.8 Å². The van der Waals surface area contributed by atoms with Crippen LogP contribution in [0, 0.1) is 0 Å². The molecule has 0 aliphatic carbocycles. The van der Waals surface area contributed by atoms with E-state index in [1.165, 1.54) is 0 Å². The second kappa shape index (κ2) is 5.33. The third-order valence-electron chi connectivity index (χ3n) is 3.95. The van der Waals surface area contributed by atoms with Gasteiger partial charge in [-0.25, -0.2) is 0 Å². The molecule has 0 aromatic heterocycles. The van der Waals surface area contributed by atoms with E-state index in [1.807, 2.05) is 0 Å². The maximum absolute atomic E-state index is 10.9. The number of rotatable bonds is 3. The molecule has 1 amide bonds. The number of carbonyl (C=O) groups is 1. The van der Waals surface area contributed by atoms with Crippen molar-refractivity contribution in [2.75, 3.05) is 33.4 Å². The molecule has 0 aromatic rings. The number of nitrogens with zero attached hydrogens (tertiary/aromatic N) is 1. The summed E-state index contributed by atoms with van der Waals surface area (Å²) < 4.78 is 11.6. The highest BCUT2D eigenvalue weighted by atomic mass is 16.5. The van der Waals surface area contributed by atoms with Crippen LogP contribution in [0.3, 0.4) is 0 Å². The minimum absolute atomic E-state index is 0.124. The first kappa shape index (κ1) is 12.8. The lowest BCUT2D eigenvalue weighted by Gasteiger charge is -2.47. The fraction of sp³-hybridized carbons (Fsp3) is 0.917. The van der Waals surface area contributed by atoms with Gasteiger partial charge in [0.1, 0.15) is 0 Å². The highest BCUT2D eigenvalue weighted by molar-refractivity contribution is 5.75. The molecule has 0 aromatic carbocycles. The molecule has 2 fully saturated rings. The summed E-state index contributed by atoms with van der Waals surface area (Å²) >= 11 is 0. The Balaban J connectivity index is 1.93. The number of carbonyl (C=O) groups excluding carboxylic acids is 1. The molecule has 2 aliphatic heterocycles. The summed E-state index contributed by atoms with van der Waals surface area (Å²) in [7, 11) is 1.76. The number of methoxy groups -OCH3 is 1. The molecule has 0 radical (unpaired) electrons. The van der Waals surface area contributed by atoms with E-state index in [0.29, 0.717) is 6.54 Å². The van der Waals surface area contributed by atoms with Crippen LogP contribution in [0.2, 0.25) is 0 Å². The van der Waals surface area contributed by atoms with Crippen LogP contribution < -0.4 is 5.73 Å². The number of ether oxygens (including phenoxy) is 2. The Labute approximate surface area is 102 Å². The summed E-state index contributed by atoms with van der Waals surface area (Å²) in [4.78, 5) is 13.0. The highest BCUT2D eigenvalue weighted by Gasteiger charge is 2.44. The Morgan fingerprint density at radius 3 is 2.82 bits per heavy atom. The molecule has 5 nitrogen and oxygen atoms in total. The van der Waals surface area contributed by atoms with E-state index < -0.39 is 0 Å². The number of amides is 1. The molecular formula is C12H22N2O3. The van der Waals surface area contributed by atoms with Crippen molar-refractivity contribution < 1.29 is 14.3 Å². The number of nitrogens with two attached hydrogens (primary N) is 1. The van der Waals surface area contributed by atoms with Crippen molar-refractivity contribution >= 4 is 5.91 Å². The molecular weight excluding hydrogens is 220 g/mol. The van der Waals surface area contributed by atoms with E-state index in [2.05, 4.69) is 4.90 Å². The lowest BCUT2D eigenvalue weighted by molar-refractivity contribution is -0.186. The third kappa shape index (κ3) is 2.78. The van der Waals surface area contributed by atoms with Gasteiger partial charge in [0, 0.05) is 26.8 Å². The first-order valence-corrected chi connectivity index (χ1v) is 6.34. The quantitative estimate of drug-likeness (QED) is 0.764. The zero-order valence-electron chi connectivity index (χ0n) is 10.5. The molecule has 0 saturated carbocycles. The van der Waals surface area contributed by atoms with Crippen LogP contribution in [0.1, 0.15) is 25.7 Å². The van der Waals surface area contributed by atoms with Crippen LogP contribution >= 0.6 is 0 Å². The van der Waals surface area contributed by atoms with Crippen LogP contribution in [0.4, 0.5) is 0 Å². The average Bonchev–Trinajstić information content (AvgIpc) is 2.32. The van der Waals surface area contributed by atoms with Gasteiger partial charge in [-0.15, -0.1) is 0 Å². The van der Waals surface area contributed by atoms with Gasteiger partial charge >= 0.3 is 0 Å². The molecule has 2 rings (SSSR count). The van der Waals surface area contributed by atoms with Crippen LogP contribution in [0.15, 0.2) is 0 Å². The monoisotopic (exact) mass is 242 g/mol. The summed E-state index contributed by atoms with van der Waals surface area (Å²) in [6.45, 7) is 2.91. The fourth-order valence-electron chi connectivity index (χ4n) is 3.01. The molecule has 98 valence electrons. The second-order valence-corrected chi connectivity index (χ2v) is 5.02. The standard InChI is InChI=1S/C12H22N2O3/c1-16-10-3-2-8-17-12(10)4-6-14(7-5-12)9-11(13)15/h10H,2-9H2,1H3,(H2,13,15)/t10-/m1/s1. The molecule has 1 atom stereocenters. The van der Waals surface area contributed by atoms with Gasteiger partial charge in [0.2, 0.25) is 5.91 Å². The number of piperidine rings is 1. The molecule has 0 bridgehead atoms.